The normalized spacial score (nSPS) is 11.1. The number of carbonyl (C=O) groups excluding carboxylic acids is 1. The molecule has 3 N–H and O–H groups in total. The first-order valence-corrected chi connectivity index (χ1v) is 4.78. The molecular weight excluding hydrogens is 218 g/mol. The summed E-state index contributed by atoms with van der Waals surface area (Å²) in [6, 6.07) is 0. The lowest BCUT2D eigenvalue weighted by atomic mass is 10.3. The van der Waals surface area contributed by atoms with Gasteiger partial charge in [-0.2, -0.15) is 0 Å². The van der Waals surface area contributed by atoms with Gasteiger partial charge in [-0.1, -0.05) is 17.8 Å². The van der Waals surface area contributed by atoms with Crippen molar-refractivity contribution >= 4 is 28.1 Å². The van der Waals surface area contributed by atoms with Crippen molar-refractivity contribution in [2.45, 2.75) is 0 Å². The highest BCUT2D eigenvalue weighted by molar-refractivity contribution is 7.13. The van der Waals surface area contributed by atoms with E-state index in [-0.39, 0.29) is 23.1 Å². The SMILES string of the molecule is C=CCOC(=O)/C(=N/O)c1csc(N)n1. The van der Waals surface area contributed by atoms with Gasteiger partial charge in [-0.25, -0.2) is 9.78 Å². The Morgan fingerprint density at radius 2 is 2.60 bits per heavy atom. The van der Waals surface area contributed by atoms with Gasteiger partial charge >= 0.3 is 5.97 Å². The number of rotatable bonds is 4. The van der Waals surface area contributed by atoms with Gasteiger partial charge in [-0.05, 0) is 0 Å². The minimum absolute atomic E-state index is 0.0392. The molecule has 1 aromatic rings. The van der Waals surface area contributed by atoms with Gasteiger partial charge in [0.05, 0.1) is 0 Å². The van der Waals surface area contributed by atoms with E-state index in [4.69, 9.17) is 10.9 Å². The molecule has 0 amide bonds. The number of hydrogen-bond donors (Lipinski definition) is 2. The molecule has 0 unspecified atom stereocenters. The highest BCUT2D eigenvalue weighted by atomic mass is 32.1. The van der Waals surface area contributed by atoms with Crippen molar-refractivity contribution in [2.24, 2.45) is 5.16 Å². The Labute approximate surface area is 89.7 Å². The summed E-state index contributed by atoms with van der Waals surface area (Å²) in [4.78, 5) is 15.1. The summed E-state index contributed by atoms with van der Waals surface area (Å²) in [5, 5.41) is 13.2. The maximum absolute atomic E-state index is 11.3. The zero-order valence-electron chi connectivity index (χ0n) is 7.71. The summed E-state index contributed by atoms with van der Waals surface area (Å²) in [6.07, 6.45) is 1.41. The van der Waals surface area contributed by atoms with Crippen molar-refractivity contribution in [1.29, 1.82) is 0 Å². The van der Waals surface area contributed by atoms with E-state index < -0.39 is 5.97 Å². The second kappa shape index (κ2) is 5.11. The molecule has 0 aliphatic heterocycles. The smallest absolute Gasteiger partial charge is 0.363 e. The highest BCUT2D eigenvalue weighted by Gasteiger charge is 2.18. The van der Waals surface area contributed by atoms with Crippen LogP contribution in [0.3, 0.4) is 0 Å². The standard InChI is InChI=1S/C8H9N3O3S/c1-2-3-14-7(12)6(11-13)5-4-15-8(9)10-5/h2,4,13H,1,3H2,(H2,9,10)/b11-6+. The number of carbonyl (C=O) groups is 1. The number of anilines is 1. The minimum Gasteiger partial charge on any atom is -0.457 e. The summed E-state index contributed by atoms with van der Waals surface area (Å²) >= 11 is 1.14. The van der Waals surface area contributed by atoms with Gasteiger partial charge in [0.2, 0.25) is 5.71 Å². The molecular formula is C8H9N3O3S. The molecule has 0 aromatic carbocycles. The van der Waals surface area contributed by atoms with Crippen LogP contribution in [0.15, 0.2) is 23.2 Å². The van der Waals surface area contributed by atoms with E-state index in [0.717, 1.165) is 11.3 Å². The van der Waals surface area contributed by atoms with Crippen LogP contribution >= 0.6 is 11.3 Å². The van der Waals surface area contributed by atoms with E-state index in [1.165, 1.54) is 11.5 Å². The third-order valence-electron chi connectivity index (χ3n) is 1.39. The van der Waals surface area contributed by atoms with Crippen LogP contribution in [0.25, 0.3) is 0 Å². The van der Waals surface area contributed by atoms with E-state index in [9.17, 15) is 4.79 Å². The number of hydrogen-bond acceptors (Lipinski definition) is 7. The average molecular weight is 227 g/mol. The number of ether oxygens (including phenoxy) is 1. The van der Waals surface area contributed by atoms with Gasteiger partial charge in [0.25, 0.3) is 0 Å². The fourth-order valence-electron chi connectivity index (χ4n) is 0.796. The van der Waals surface area contributed by atoms with Crippen molar-refractivity contribution in [3.63, 3.8) is 0 Å². The fourth-order valence-corrected chi connectivity index (χ4v) is 1.34. The zero-order valence-corrected chi connectivity index (χ0v) is 8.53. The molecule has 0 saturated heterocycles. The molecule has 6 nitrogen and oxygen atoms in total. The second-order valence-electron chi connectivity index (χ2n) is 2.41. The summed E-state index contributed by atoms with van der Waals surface area (Å²) < 4.78 is 4.68. The Morgan fingerprint density at radius 1 is 1.87 bits per heavy atom. The molecule has 0 atom stereocenters. The average Bonchev–Trinajstić information content (AvgIpc) is 2.63. The van der Waals surface area contributed by atoms with Crippen molar-refractivity contribution < 1.29 is 14.7 Å². The van der Waals surface area contributed by atoms with Gasteiger partial charge in [0.15, 0.2) is 5.13 Å². The first-order valence-electron chi connectivity index (χ1n) is 3.90. The molecule has 0 saturated carbocycles. The van der Waals surface area contributed by atoms with Crippen molar-refractivity contribution in [3.8, 4) is 0 Å². The van der Waals surface area contributed by atoms with E-state index >= 15 is 0 Å². The summed E-state index contributed by atoms with van der Waals surface area (Å²) in [5.41, 5.74) is 5.29. The molecule has 0 aliphatic carbocycles. The molecule has 0 bridgehead atoms. The molecule has 15 heavy (non-hydrogen) atoms. The zero-order chi connectivity index (χ0) is 11.3. The molecule has 1 heterocycles. The summed E-state index contributed by atoms with van der Waals surface area (Å²) in [5.74, 6) is -0.775. The number of nitrogens with zero attached hydrogens (tertiary/aromatic N) is 2. The first kappa shape index (κ1) is 11.2. The summed E-state index contributed by atoms with van der Waals surface area (Å²) in [7, 11) is 0. The highest BCUT2D eigenvalue weighted by Crippen LogP contribution is 2.12. The van der Waals surface area contributed by atoms with E-state index in [1.54, 1.807) is 0 Å². The molecule has 0 spiro atoms. The topological polar surface area (TPSA) is 97.8 Å². The van der Waals surface area contributed by atoms with Crippen LogP contribution in [0.2, 0.25) is 0 Å². The van der Waals surface area contributed by atoms with Crippen LogP contribution in [0, 0.1) is 0 Å². The number of esters is 1. The van der Waals surface area contributed by atoms with Gasteiger partial charge in [-0.3, -0.25) is 0 Å². The molecule has 80 valence electrons. The Bertz CT molecular complexity index is 400. The Hall–Kier alpha value is -1.89. The van der Waals surface area contributed by atoms with E-state index in [1.807, 2.05) is 0 Å². The van der Waals surface area contributed by atoms with Gasteiger partial charge in [0.1, 0.15) is 12.3 Å². The quantitative estimate of drug-likeness (QED) is 0.258. The van der Waals surface area contributed by atoms with Crippen molar-refractivity contribution in [3.05, 3.63) is 23.7 Å². The molecule has 0 radical (unpaired) electrons. The predicted octanol–water partition coefficient (Wildman–Crippen LogP) is 0.633. The molecule has 1 aromatic heterocycles. The number of oxime groups is 1. The maximum atomic E-state index is 11.3. The van der Waals surface area contributed by atoms with Gasteiger partial charge in [-0.15, -0.1) is 11.3 Å². The van der Waals surface area contributed by atoms with Gasteiger partial charge < -0.3 is 15.7 Å². The van der Waals surface area contributed by atoms with E-state index in [2.05, 4.69) is 21.5 Å². The summed E-state index contributed by atoms with van der Waals surface area (Å²) in [6.45, 7) is 3.42. The van der Waals surface area contributed by atoms with Crippen molar-refractivity contribution in [2.75, 3.05) is 12.3 Å². The van der Waals surface area contributed by atoms with Gasteiger partial charge in [0, 0.05) is 5.38 Å². The number of nitrogen functional groups attached to an aromatic ring is 1. The lowest BCUT2D eigenvalue weighted by Gasteiger charge is -2.00. The Morgan fingerprint density at radius 3 is 3.07 bits per heavy atom. The van der Waals surface area contributed by atoms with Crippen LogP contribution in [0.5, 0.6) is 0 Å². The lowest BCUT2D eigenvalue weighted by Crippen LogP contribution is -2.19. The number of nitrogens with two attached hydrogens (primary N) is 1. The number of aromatic nitrogens is 1. The predicted molar refractivity (Wildman–Crippen MR) is 56.0 cm³/mol. The minimum atomic E-state index is -0.775. The Kier molecular flexibility index (Phi) is 3.81. The number of thiazole rings is 1. The third kappa shape index (κ3) is 2.78. The molecule has 7 heteroatoms. The molecule has 1 rings (SSSR count). The van der Waals surface area contributed by atoms with Crippen LogP contribution in [-0.2, 0) is 9.53 Å². The van der Waals surface area contributed by atoms with E-state index in [0.29, 0.717) is 0 Å². The van der Waals surface area contributed by atoms with Crippen LogP contribution < -0.4 is 5.73 Å². The first-order chi connectivity index (χ1) is 7.19. The lowest BCUT2D eigenvalue weighted by molar-refractivity contribution is -0.134. The van der Waals surface area contributed by atoms with Crippen LogP contribution in [-0.4, -0.2) is 28.5 Å². The van der Waals surface area contributed by atoms with Crippen molar-refractivity contribution in [1.82, 2.24) is 4.98 Å². The fraction of sp³-hybridized carbons (Fsp3) is 0.125. The second-order valence-corrected chi connectivity index (χ2v) is 3.30. The van der Waals surface area contributed by atoms with Crippen LogP contribution in [0.1, 0.15) is 5.69 Å². The molecule has 0 fully saturated rings. The largest absolute Gasteiger partial charge is 0.457 e. The molecule has 0 aliphatic rings. The maximum Gasteiger partial charge on any atom is 0.363 e. The third-order valence-corrected chi connectivity index (χ3v) is 2.06. The van der Waals surface area contributed by atoms with Crippen LogP contribution in [0.4, 0.5) is 5.13 Å². The Balaban J connectivity index is 2.81. The monoisotopic (exact) mass is 227 g/mol.